The van der Waals surface area contributed by atoms with Crippen molar-refractivity contribution >= 4 is 5.91 Å². The zero-order valence-electron chi connectivity index (χ0n) is 14.9. The average Bonchev–Trinajstić information content (AvgIpc) is 3.18. The minimum Gasteiger partial charge on any atom is -0.373 e. The van der Waals surface area contributed by atoms with Crippen molar-refractivity contribution in [2.45, 2.75) is 25.6 Å². The van der Waals surface area contributed by atoms with Gasteiger partial charge in [-0.05, 0) is 30.3 Å². The molecule has 7 nitrogen and oxygen atoms in total. The van der Waals surface area contributed by atoms with Gasteiger partial charge in [0.05, 0.1) is 43.6 Å². The molecule has 3 aromatic heterocycles. The van der Waals surface area contributed by atoms with E-state index in [4.69, 9.17) is 4.74 Å². The summed E-state index contributed by atoms with van der Waals surface area (Å²) < 4.78 is 7.82. The molecule has 4 heterocycles. The number of carbonyl (C=O) groups excluding carboxylic acids is 1. The van der Waals surface area contributed by atoms with E-state index in [1.165, 1.54) is 0 Å². The van der Waals surface area contributed by atoms with Gasteiger partial charge in [-0.15, -0.1) is 0 Å². The summed E-state index contributed by atoms with van der Waals surface area (Å²) in [7, 11) is 0. The smallest absolute Gasteiger partial charge is 0.229 e. The molecule has 0 spiro atoms. The molecule has 0 aromatic carbocycles. The Hall–Kier alpha value is -3.06. The number of amides is 1. The third-order valence-corrected chi connectivity index (χ3v) is 4.58. The topological polar surface area (TPSA) is 73.1 Å². The average molecular weight is 363 g/mol. The number of nitrogens with zero attached hydrogens (tertiary/aromatic N) is 5. The Morgan fingerprint density at radius 2 is 1.81 bits per heavy atom. The number of rotatable bonds is 6. The highest BCUT2D eigenvalue weighted by Gasteiger charge is 2.28. The van der Waals surface area contributed by atoms with Crippen molar-refractivity contribution in [2.75, 3.05) is 13.2 Å². The first-order valence-corrected chi connectivity index (χ1v) is 8.97. The van der Waals surface area contributed by atoms with E-state index in [1.54, 1.807) is 18.6 Å². The maximum atomic E-state index is 12.7. The summed E-state index contributed by atoms with van der Waals surface area (Å²) in [5.74, 6) is 0.0656. The first-order valence-electron chi connectivity index (χ1n) is 8.97. The Labute approximate surface area is 157 Å². The minimum absolute atomic E-state index is 0.0138. The van der Waals surface area contributed by atoms with Gasteiger partial charge in [0, 0.05) is 30.8 Å². The molecular weight excluding hydrogens is 342 g/mol. The Morgan fingerprint density at radius 1 is 1.04 bits per heavy atom. The Kier molecular flexibility index (Phi) is 5.20. The zero-order valence-corrected chi connectivity index (χ0v) is 14.9. The third-order valence-electron chi connectivity index (χ3n) is 4.58. The highest BCUT2D eigenvalue weighted by Crippen LogP contribution is 2.21. The van der Waals surface area contributed by atoms with Crippen LogP contribution in [0.5, 0.6) is 0 Å². The fraction of sp³-hybridized carbons (Fsp3) is 0.300. The van der Waals surface area contributed by atoms with Crippen molar-refractivity contribution in [1.29, 1.82) is 0 Å². The number of aromatic nitrogens is 4. The molecule has 1 unspecified atom stereocenters. The SMILES string of the molecule is O=C(Cc1ccccn1)N1Cc2ccnn2C(COCc2ccccn2)C1. The molecule has 1 aliphatic heterocycles. The second kappa shape index (κ2) is 8.09. The van der Waals surface area contributed by atoms with Crippen LogP contribution in [0.25, 0.3) is 0 Å². The molecule has 0 radical (unpaired) electrons. The van der Waals surface area contributed by atoms with Crippen LogP contribution in [0.3, 0.4) is 0 Å². The molecule has 138 valence electrons. The van der Waals surface area contributed by atoms with Crippen LogP contribution in [0.15, 0.2) is 61.1 Å². The van der Waals surface area contributed by atoms with Gasteiger partial charge in [-0.2, -0.15) is 5.10 Å². The molecule has 0 saturated carbocycles. The lowest BCUT2D eigenvalue weighted by Crippen LogP contribution is -2.43. The number of ether oxygens (including phenoxy) is 1. The summed E-state index contributed by atoms with van der Waals surface area (Å²) in [5, 5.41) is 4.41. The molecule has 0 aliphatic carbocycles. The van der Waals surface area contributed by atoms with E-state index in [-0.39, 0.29) is 11.9 Å². The number of hydrogen-bond acceptors (Lipinski definition) is 5. The largest absolute Gasteiger partial charge is 0.373 e. The van der Waals surface area contributed by atoms with Crippen LogP contribution >= 0.6 is 0 Å². The first-order chi connectivity index (χ1) is 13.3. The first kappa shape index (κ1) is 17.4. The Bertz CT molecular complexity index is 882. The standard InChI is InChI=1S/C20H21N5O2/c26-20(11-16-5-1-3-8-21-16)24-12-18-7-10-23-25(18)19(13-24)15-27-14-17-6-2-4-9-22-17/h1-10,19H,11-15H2. The van der Waals surface area contributed by atoms with Crippen molar-refractivity contribution in [1.82, 2.24) is 24.6 Å². The Morgan fingerprint density at radius 3 is 2.56 bits per heavy atom. The summed E-state index contributed by atoms with van der Waals surface area (Å²) in [6.07, 6.45) is 5.54. The van der Waals surface area contributed by atoms with E-state index >= 15 is 0 Å². The van der Waals surface area contributed by atoms with Crippen LogP contribution in [0.2, 0.25) is 0 Å². The summed E-state index contributed by atoms with van der Waals surface area (Å²) in [4.78, 5) is 23.1. The Balaban J connectivity index is 1.40. The molecule has 27 heavy (non-hydrogen) atoms. The maximum Gasteiger partial charge on any atom is 0.229 e. The molecule has 1 aliphatic rings. The van der Waals surface area contributed by atoms with Crippen LogP contribution in [0.1, 0.15) is 23.1 Å². The normalized spacial score (nSPS) is 16.1. The molecule has 0 bridgehead atoms. The van der Waals surface area contributed by atoms with E-state index in [0.29, 0.717) is 32.7 Å². The number of pyridine rings is 2. The maximum absolute atomic E-state index is 12.7. The fourth-order valence-electron chi connectivity index (χ4n) is 3.25. The molecule has 1 amide bonds. The second-order valence-corrected chi connectivity index (χ2v) is 6.53. The summed E-state index contributed by atoms with van der Waals surface area (Å²) in [6.45, 7) is 2.04. The fourth-order valence-corrected chi connectivity index (χ4v) is 3.25. The van der Waals surface area contributed by atoms with Crippen LogP contribution in [-0.2, 0) is 29.1 Å². The van der Waals surface area contributed by atoms with Crippen molar-refractivity contribution in [2.24, 2.45) is 0 Å². The van der Waals surface area contributed by atoms with Gasteiger partial charge in [0.2, 0.25) is 5.91 Å². The van der Waals surface area contributed by atoms with Gasteiger partial charge in [0.25, 0.3) is 0 Å². The van der Waals surface area contributed by atoms with E-state index in [0.717, 1.165) is 17.1 Å². The highest BCUT2D eigenvalue weighted by atomic mass is 16.5. The summed E-state index contributed by atoms with van der Waals surface area (Å²) in [5.41, 5.74) is 2.68. The van der Waals surface area contributed by atoms with Crippen molar-refractivity contribution in [3.63, 3.8) is 0 Å². The molecule has 1 atom stereocenters. The van der Waals surface area contributed by atoms with Gasteiger partial charge in [0.1, 0.15) is 0 Å². The van der Waals surface area contributed by atoms with Crippen molar-refractivity contribution in [3.8, 4) is 0 Å². The van der Waals surface area contributed by atoms with E-state index in [2.05, 4.69) is 15.1 Å². The molecule has 7 heteroatoms. The van der Waals surface area contributed by atoms with E-state index in [1.807, 2.05) is 52.0 Å². The lowest BCUT2D eigenvalue weighted by atomic mass is 10.1. The third kappa shape index (κ3) is 4.20. The number of hydrogen-bond donors (Lipinski definition) is 0. The van der Waals surface area contributed by atoms with E-state index < -0.39 is 0 Å². The van der Waals surface area contributed by atoms with Crippen LogP contribution in [-0.4, -0.2) is 43.7 Å². The van der Waals surface area contributed by atoms with Crippen molar-refractivity contribution < 1.29 is 9.53 Å². The summed E-state index contributed by atoms with van der Waals surface area (Å²) >= 11 is 0. The molecule has 4 rings (SSSR count). The van der Waals surface area contributed by atoms with E-state index in [9.17, 15) is 4.79 Å². The lowest BCUT2D eigenvalue weighted by Gasteiger charge is -2.33. The zero-order chi connectivity index (χ0) is 18.5. The highest BCUT2D eigenvalue weighted by molar-refractivity contribution is 5.78. The van der Waals surface area contributed by atoms with Crippen molar-refractivity contribution in [3.05, 3.63) is 78.1 Å². The molecule has 3 aromatic rings. The predicted octanol–water partition coefficient (Wildman–Crippen LogP) is 2.02. The van der Waals surface area contributed by atoms with Gasteiger partial charge >= 0.3 is 0 Å². The predicted molar refractivity (Wildman–Crippen MR) is 98.5 cm³/mol. The lowest BCUT2D eigenvalue weighted by molar-refractivity contribution is -0.133. The quantitative estimate of drug-likeness (QED) is 0.670. The molecule has 0 N–H and O–H groups in total. The van der Waals surface area contributed by atoms with Crippen LogP contribution in [0, 0.1) is 0 Å². The molecule has 0 saturated heterocycles. The monoisotopic (exact) mass is 363 g/mol. The molecular formula is C20H21N5O2. The van der Waals surface area contributed by atoms with Gasteiger partial charge in [0.15, 0.2) is 0 Å². The number of carbonyl (C=O) groups is 1. The van der Waals surface area contributed by atoms with Crippen LogP contribution < -0.4 is 0 Å². The van der Waals surface area contributed by atoms with Gasteiger partial charge < -0.3 is 9.64 Å². The number of fused-ring (bicyclic) bond motifs is 1. The molecule has 0 fully saturated rings. The minimum atomic E-state index is -0.0138. The second-order valence-electron chi connectivity index (χ2n) is 6.53. The van der Waals surface area contributed by atoms with Gasteiger partial charge in [-0.1, -0.05) is 12.1 Å². The van der Waals surface area contributed by atoms with Gasteiger partial charge in [-0.25, -0.2) is 0 Å². The van der Waals surface area contributed by atoms with Gasteiger partial charge in [-0.3, -0.25) is 19.4 Å². The summed E-state index contributed by atoms with van der Waals surface area (Å²) in [6, 6.07) is 13.3. The van der Waals surface area contributed by atoms with Crippen LogP contribution in [0.4, 0.5) is 0 Å².